The van der Waals surface area contributed by atoms with Gasteiger partial charge in [-0.1, -0.05) is 6.42 Å². The van der Waals surface area contributed by atoms with E-state index in [-0.39, 0.29) is 0 Å². The van der Waals surface area contributed by atoms with Crippen LogP contribution in [0.4, 0.5) is 0 Å². The Bertz CT molecular complexity index is 251. The van der Waals surface area contributed by atoms with Gasteiger partial charge in [0.2, 0.25) is 5.79 Å². The summed E-state index contributed by atoms with van der Waals surface area (Å²) in [6, 6.07) is 0.297. The Morgan fingerprint density at radius 3 is 2.06 bits per heavy atom. The highest BCUT2D eigenvalue weighted by atomic mass is 16.7. The molecule has 0 amide bonds. The molecular formula is C14H27NO2. The summed E-state index contributed by atoms with van der Waals surface area (Å²) >= 11 is 0. The molecule has 1 saturated carbocycles. The maximum atomic E-state index is 5.84. The summed E-state index contributed by atoms with van der Waals surface area (Å²) in [6.07, 6.45) is 3.75. The van der Waals surface area contributed by atoms with Gasteiger partial charge < -0.3 is 9.47 Å². The molecule has 3 heteroatoms. The van der Waals surface area contributed by atoms with Crippen LogP contribution >= 0.6 is 0 Å². The van der Waals surface area contributed by atoms with Crippen molar-refractivity contribution in [2.24, 2.45) is 10.9 Å². The molecule has 17 heavy (non-hydrogen) atoms. The van der Waals surface area contributed by atoms with Crippen molar-refractivity contribution in [2.75, 3.05) is 13.2 Å². The minimum atomic E-state index is -0.626. The van der Waals surface area contributed by atoms with E-state index in [4.69, 9.17) is 14.5 Å². The van der Waals surface area contributed by atoms with Crippen LogP contribution in [-0.2, 0) is 9.47 Å². The first-order chi connectivity index (χ1) is 8.03. The number of hydrogen-bond donors (Lipinski definition) is 0. The Morgan fingerprint density at radius 1 is 1.24 bits per heavy atom. The summed E-state index contributed by atoms with van der Waals surface area (Å²) in [5, 5.41) is 0. The standard InChI is InChI=1S/C14H27NO2/c1-6-16-14(5,17-7-2)13(15-11(3)4)12-9-8-10-12/h11-12H,6-10H2,1-5H3. The van der Waals surface area contributed by atoms with E-state index in [1.54, 1.807) is 0 Å². The maximum absolute atomic E-state index is 5.84. The van der Waals surface area contributed by atoms with Crippen LogP contribution < -0.4 is 0 Å². The molecule has 0 unspecified atom stereocenters. The highest BCUT2D eigenvalue weighted by Gasteiger charge is 2.39. The van der Waals surface area contributed by atoms with Gasteiger partial charge >= 0.3 is 0 Å². The molecule has 0 aromatic carbocycles. The average Bonchev–Trinajstić information content (AvgIpc) is 2.14. The Morgan fingerprint density at radius 2 is 1.76 bits per heavy atom. The molecule has 1 aliphatic carbocycles. The van der Waals surface area contributed by atoms with Gasteiger partial charge in [-0.25, -0.2) is 0 Å². The third kappa shape index (κ3) is 3.78. The maximum Gasteiger partial charge on any atom is 0.205 e. The predicted molar refractivity (Wildman–Crippen MR) is 71.6 cm³/mol. The summed E-state index contributed by atoms with van der Waals surface area (Å²) in [4.78, 5) is 4.77. The van der Waals surface area contributed by atoms with Crippen molar-refractivity contribution in [3.05, 3.63) is 0 Å². The number of rotatable bonds is 7. The normalized spacial score (nSPS) is 18.6. The van der Waals surface area contributed by atoms with E-state index < -0.39 is 5.79 Å². The largest absolute Gasteiger partial charge is 0.345 e. The second-order valence-corrected chi connectivity index (χ2v) is 5.05. The highest BCUT2D eigenvalue weighted by molar-refractivity contribution is 5.93. The van der Waals surface area contributed by atoms with Gasteiger partial charge in [0.1, 0.15) is 0 Å². The van der Waals surface area contributed by atoms with Gasteiger partial charge in [0.15, 0.2) is 0 Å². The van der Waals surface area contributed by atoms with Crippen molar-refractivity contribution < 1.29 is 9.47 Å². The topological polar surface area (TPSA) is 30.8 Å². The minimum Gasteiger partial charge on any atom is -0.345 e. The zero-order valence-corrected chi connectivity index (χ0v) is 12.0. The van der Waals surface area contributed by atoms with Crippen molar-refractivity contribution >= 4 is 5.71 Å². The first-order valence-corrected chi connectivity index (χ1v) is 6.89. The second kappa shape index (κ2) is 6.50. The molecule has 0 bridgehead atoms. The van der Waals surface area contributed by atoms with Crippen LogP contribution in [0.1, 0.15) is 53.9 Å². The third-order valence-electron chi connectivity index (χ3n) is 3.19. The molecule has 3 nitrogen and oxygen atoms in total. The minimum absolute atomic E-state index is 0.297. The third-order valence-corrected chi connectivity index (χ3v) is 3.19. The lowest BCUT2D eigenvalue weighted by Gasteiger charge is -2.38. The summed E-state index contributed by atoms with van der Waals surface area (Å²) in [7, 11) is 0. The van der Waals surface area contributed by atoms with Gasteiger partial charge in [0.25, 0.3) is 0 Å². The van der Waals surface area contributed by atoms with Crippen molar-refractivity contribution in [3.63, 3.8) is 0 Å². The van der Waals surface area contributed by atoms with Crippen LogP contribution in [0, 0.1) is 5.92 Å². The second-order valence-electron chi connectivity index (χ2n) is 5.05. The monoisotopic (exact) mass is 241 g/mol. The van der Waals surface area contributed by atoms with Gasteiger partial charge in [-0.3, -0.25) is 4.99 Å². The van der Waals surface area contributed by atoms with Crippen molar-refractivity contribution in [1.29, 1.82) is 0 Å². The molecule has 0 aromatic heterocycles. The summed E-state index contributed by atoms with van der Waals surface area (Å²) in [6.45, 7) is 11.5. The fourth-order valence-electron chi connectivity index (χ4n) is 2.29. The van der Waals surface area contributed by atoms with Crippen LogP contribution in [0.3, 0.4) is 0 Å². The first kappa shape index (κ1) is 14.7. The molecule has 0 N–H and O–H groups in total. The molecule has 1 rings (SSSR count). The lowest BCUT2D eigenvalue weighted by Crippen LogP contribution is -2.47. The van der Waals surface area contributed by atoms with Crippen LogP contribution in [0.15, 0.2) is 4.99 Å². The van der Waals surface area contributed by atoms with Crippen molar-refractivity contribution in [1.82, 2.24) is 0 Å². The summed E-state index contributed by atoms with van der Waals surface area (Å²) in [5.41, 5.74) is 1.11. The van der Waals surface area contributed by atoms with E-state index in [2.05, 4.69) is 13.8 Å². The van der Waals surface area contributed by atoms with Crippen LogP contribution in [-0.4, -0.2) is 30.8 Å². The molecule has 100 valence electrons. The number of aliphatic imine (C=N–C) groups is 1. The Labute approximate surface area is 106 Å². The van der Waals surface area contributed by atoms with E-state index in [1.807, 2.05) is 20.8 Å². The molecule has 1 fully saturated rings. The molecule has 0 radical (unpaired) electrons. The Balaban J connectivity index is 2.90. The summed E-state index contributed by atoms with van der Waals surface area (Å²) < 4.78 is 11.7. The molecule has 0 aromatic rings. The summed E-state index contributed by atoms with van der Waals surface area (Å²) in [5.74, 6) is -0.0701. The SMILES string of the molecule is CCOC(C)(OCC)C(=NC(C)C)C1CCC1. The Kier molecular flexibility index (Phi) is 5.60. The van der Waals surface area contributed by atoms with Crippen LogP contribution in [0.2, 0.25) is 0 Å². The van der Waals surface area contributed by atoms with E-state index in [1.165, 1.54) is 19.3 Å². The number of hydrogen-bond acceptors (Lipinski definition) is 3. The quantitative estimate of drug-likeness (QED) is 0.505. The molecule has 0 heterocycles. The number of nitrogens with zero attached hydrogens (tertiary/aromatic N) is 1. The van der Waals surface area contributed by atoms with E-state index >= 15 is 0 Å². The van der Waals surface area contributed by atoms with E-state index in [0.717, 1.165) is 5.71 Å². The molecule has 0 spiro atoms. The lowest BCUT2D eigenvalue weighted by molar-refractivity contribution is -0.174. The first-order valence-electron chi connectivity index (χ1n) is 6.89. The predicted octanol–water partition coefficient (Wildman–Crippen LogP) is 3.43. The zero-order valence-electron chi connectivity index (χ0n) is 12.0. The Hall–Kier alpha value is -0.410. The molecule has 0 atom stereocenters. The van der Waals surface area contributed by atoms with Crippen LogP contribution in [0.25, 0.3) is 0 Å². The highest BCUT2D eigenvalue weighted by Crippen LogP contribution is 2.34. The molecule has 0 aliphatic heterocycles. The number of ether oxygens (including phenoxy) is 2. The average molecular weight is 241 g/mol. The van der Waals surface area contributed by atoms with Crippen molar-refractivity contribution in [3.8, 4) is 0 Å². The fourth-order valence-corrected chi connectivity index (χ4v) is 2.29. The molecular weight excluding hydrogens is 214 g/mol. The zero-order chi connectivity index (χ0) is 12.9. The molecule has 0 saturated heterocycles. The van der Waals surface area contributed by atoms with Crippen LogP contribution in [0.5, 0.6) is 0 Å². The fraction of sp³-hybridized carbons (Fsp3) is 0.929. The van der Waals surface area contributed by atoms with Gasteiger partial charge in [-0.15, -0.1) is 0 Å². The van der Waals surface area contributed by atoms with E-state index in [0.29, 0.717) is 25.2 Å². The van der Waals surface area contributed by atoms with Gasteiger partial charge in [-0.05, 0) is 47.5 Å². The van der Waals surface area contributed by atoms with Gasteiger partial charge in [0.05, 0.1) is 5.71 Å². The van der Waals surface area contributed by atoms with E-state index in [9.17, 15) is 0 Å². The van der Waals surface area contributed by atoms with Gasteiger partial charge in [0, 0.05) is 25.2 Å². The van der Waals surface area contributed by atoms with Crippen molar-refractivity contribution in [2.45, 2.75) is 65.7 Å². The smallest absolute Gasteiger partial charge is 0.205 e. The molecule has 1 aliphatic rings. The lowest BCUT2D eigenvalue weighted by atomic mass is 9.78. The van der Waals surface area contributed by atoms with Gasteiger partial charge in [-0.2, -0.15) is 0 Å².